The van der Waals surface area contributed by atoms with E-state index in [1.165, 1.54) is 6.20 Å². The number of carboxylic acid groups (broad SMARTS) is 1. The minimum Gasteiger partial charge on any atom is -0.478 e. The maximum atomic E-state index is 11.1. The van der Waals surface area contributed by atoms with Crippen molar-refractivity contribution in [3.05, 3.63) is 40.6 Å². The lowest BCUT2D eigenvalue weighted by Gasteiger charge is -2.08. The van der Waals surface area contributed by atoms with E-state index in [0.717, 1.165) is 5.69 Å². The quantitative estimate of drug-likeness (QED) is 0.929. The minimum atomic E-state index is -1.02. The van der Waals surface area contributed by atoms with Crippen LogP contribution >= 0.6 is 0 Å². The van der Waals surface area contributed by atoms with Crippen LogP contribution in [0.25, 0.3) is 12.2 Å². The van der Waals surface area contributed by atoms with E-state index in [4.69, 9.17) is 9.52 Å². The normalized spacial score (nSPS) is 11.5. The molecule has 1 N–H and O–H groups in total. The fourth-order valence-electron chi connectivity index (χ4n) is 1.95. The molecular formula is C15H17N3O3. The third-order valence-electron chi connectivity index (χ3n) is 2.94. The average Bonchev–Trinajstić information content (AvgIpc) is 2.74. The number of hydrogen-bond acceptors (Lipinski definition) is 5. The van der Waals surface area contributed by atoms with E-state index in [1.54, 1.807) is 19.1 Å². The predicted molar refractivity (Wildman–Crippen MR) is 78.0 cm³/mol. The predicted octanol–water partition coefficient (Wildman–Crippen LogP) is 3.07. The Hall–Kier alpha value is -2.50. The van der Waals surface area contributed by atoms with E-state index in [-0.39, 0.29) is 11.5 Å². The van der Waals surface area contributed by atoms with Gasteiger partial charge in [0.25, 0.3) is 0 Å². The lowest BCUT2D eigenvalue weighted by Crippen LogP contribution is -2.08. The van der Waals surface area contributed by atoms with Gasteiger partial charge < -0.3 is 9.52 Å². The molecule has 0 saturated heterocycles. The van der Waals surface area contributed by atoms with Crippen LogP contribution in [0.15, 0.2) is 10.6 Å². The van der Waals surface area contributed by atoms with Gasteiger partial charge in [0.15, 0.2) is 11.7 Å². The maximum absolute atomic E-state index is 11.1. The lowest BCUT2D eigenvalue weighted by molar-refractivity contribution is 0.0694. The summed E-state index contributed by atoms with van der Waals surface area (Å²) in [6.45, 7) is 7.42. The Balaban J connectivity index is 2.35. The summed E-state index contributed by atoms with van der Waals surface area (Å²) in [5.41, 5.74) is 1.44. The van der Waals surface area contributed by atoms with Crippen LogP contribution in [-0.2, 0) is 0 Å². The van der Waals surface area contributed by atoms with Crippen molar-refractivity contribution in [1.82, 2.24) is 15.0 Å². The van der Waals surface area contributed by atoms with E-state index in [9.17, 15) is 4.79 Å². The first kappa shape index (κ1) is 14.9. The largest absolute Gasteiger partial charge is 0.478 e. The van der Waals surface area contributed by atoms with Crippen LogP contribution in [0.5, 0.6) is 0 Å². The zero-order valence-electron chi connectivity index (χ0n) is 12.4. The molecule has 0 aliphatic rings. The molecule has 0 fully saturated rings. The summed E-state index contributed by atoms with van der Waals surface area (Å²) in [5, 5.41) is 9.13. The summed E-state index contributed by atoms with van der Waals surface area (Å²) in [4.78, 5) is 23.7. The number of rotatable bonds is 4. The van der Waals surface area contributed by atoms with Gasteiger partial charge in [-0.1, -0.05) is 13.8 Å². The Morgan fingerprint density at radius 3 is 2.52 bits per heavy atom. The molecule has 6 heteroatoms. The number of carbonyl (C=O) groups is 1. The Labute approximate surface area is 122 Å². The zero-order chi connectivity index (χ0) is 15.6. The molecule has 0 aliphatic carbocycles. The Kier molecular flexibility index (Phi) is 4.16. The topological polar surface area (TPSA) is 89.1 Å². The SMILES string of the molecule is Cc1nc(C)c(/C=C/c2ncc(C(=O)O)c(C(C)C)n2)o1. The molecule has 110 valence electrons. The molecule has 21 heavy (non-hydrogen) atoms. The average molecular weight is 287 g/mol. The minimum absolute atomic E-state index is 0.000472. The zero-order valence-corrected chi connectivity index (χ0v) is 12.4. The van der Waals surface area contributed by atoms with Crippen LogP contribution in [0, 0.1) is 13.8 Å². The van der Waals surface area contributed by atoms with Crippen molar-refractivity contribution in [2.45, 2.75) is 33.6 Å². The van der Waals surface area contributed by atoms with Gasteiger partial charge in [-0.2, -0.15) is 0 Å². The molecule has 0 unspecified atom stereocenters. The first-order valence-electron chi connectivity index (χ1n) is 6.60. The van der Waals surface area contributed by atoms with E-state index in [2.05, 4.69) is 15.0 Å². The molecular weight excluding hydrogens is 270 g/mol. The van der Waals surface area contributed by atoms with E-state index in [0.29, 0.717) is 23.2 Å². The van der Waals surface area contributed by atoms with Crippen molar-refractivity contribution in [2.24, 2.45) is 0 Å². The van der Waals surface area contributed by atoms with Crippen LogP contribution in [0.4, 0.5) is 0 Å². The van der Waals surface area contributed by atoms with Crippen molar-refractivity contribution < 1.29 is 14.3 Å². The third kappa shape index (κ3) is 3.34. The van der Waals surface area contributed by atoms with Gasteiger partial charge in [0.05, 0.1) is 17.0 Å². The van der Waals surface area contributed by atoms with Gasteiger partial charge in [0, 0.05) is 13.1 Å². The summed E-state index contributed by atoms with van der Waals surface area (Å²) < 4.78 is 5.43. The van der Waals surface area contributed by atoms with Crippen molar-refractivity contribution in [3.8, 4) is 0 Å². The second-order valence-corrected chi connectivity index (χ2v) is 5.00. The summed E-state index contributed by atoms with van der Waals surface area (Å²) in [7, 11) is 0. The number of aryl methyl sites for hydroxylation is 2. The molecule has 6 nitrogen and oxygen atoms in total. The van der Waals surface area contributed by atoms with Gasteiger partial charge in [0.1, 0.15) is 5.76 Å². The second kappa shape index (κ2) is 5.87. The molecule has 2 heterocycles. The van der Waals surface area contributed by atoms with Gasteiger partial charge in [-0.25, -0.2) is 19.7 Å². The van der Waals surface area contributed by atoms with Crippen LogP contribution in [0.2, 0.25) is 0 Å². The highest BCUT2D eigenvalue weighted by Gasteiger charge is 2.15. The molecule has 2 rings (SSSR count). The first-order chi connectivity index (χ1) is 9.88. The molecule has 0 saturated carbocycles. The number of oxazole rings is 1. The number of hydrogen-bond donors (Lipinski definition) is 1. The molecule has 2 aromatic heterocycles. The van der Waals surface area contributed by atoms with Crippen LogP contribution in [0.3, 0.4) is 0 Å². The van der Waals surface area contributed by atoms with Crippen molar-refractivity contribution in [2.75, 3.05) is 0 Å². The van der Waals surface area contributed by atoms with Crippen molar-refractivity contribution >= 4 is 18.1 Å². The smallest absolute Gasteiger partial charge is 0.339 e. The van der Waals surface area contributed by atoms with Gasteiger partial charge in [-0.3, -0.25) is 0 Å². The third-order valence-corrected chi connectivity index (χ3v) is 2.94. The monoisotopic (exact) mass is 287 g/mol. The molecule has 0 radical (unpaired) electrons. The van der Waals surface area contributed by atoms with E-state index >= 15 is 0 Å². The lowest BCUT2D eigenvalue weighted by atomic mass is 10.1. The van der Waals surface area contributed by atoms with Crippen molar-refractivity contribution in [3.63, 3.8) is 0 Å². The summed E-state index contributed by atoms with van der Waals surface area (Å²) in [6.07, 6.45) is 4.75. The molecule has 2 aromatic rings. The molecule has 0 amide bonds. The first-order valence-corrected chi connectivity index (χ1v) is 6.60. The Morgan fingerprint density at radius 1 is 1.29 bits per heavy atom. The van der Waals surface area contributed by atoms with E-state index < -0.39 is 5.97 Å². The summed E-state index contributed by atoms with van der Waals surface area (Å²) in [5.74, 6) is 0.662. The highest BCUT2D eigenvalue weighted by Crippen LogP contribution is 2.18. The molecule has 0 aliphatic heterocycles. The number of carboxylic acids is 1. The van der Waals surface area contributed by atoms with Gasteiger partial charge in [-0.15, -0.1) is 0 Å². The number of aromatic nitrogens is 3. The number of nitrogens with zero attached hydrogens (tertiary/aromatic N) is 3. The highest BCUT2D eigenvalue weighted by molar-refractivity contribution is 5.88. The molecule has 0 atom stereocenters. The Bertz CT molecular complexity index is 702. The number of aromatic carboxylic acids is 1. The summed E-state index contributed by atoms with van der Waals surface area (Å²) >= 11 is 0. The Morgan fingerprint density at radius 2 is 2.00 bits per heavy atom. The fraction of sp³-hybridized carbons (Fsp3) is 0.333. The van der Waals surface area contributed by atoms with Gasteiger partial charge in [-0.05, 0) is 25.0 Å². The molecule has 0 spiro atoms. The van der Waals surface area contributed by atoms with Gasteiger partial charge in [0.2, 0.25) is 0 Å². The highest BCUT2D eigenvalue weighted by atomic mass is 16.4. The van der Waals surface area contributed by atoms with Crippen LogP contribution in [0.1, 0.15) is 59.0 Å². The standard InChI is InChI=1S/C15H17N3O3/c1-8(2)14-11(15(19)20)7-16-13(18-14)6-5-12-9(3)17-10(4)21-12/h5-8H,1-4H3,(H,19,20)/b6-5+. The van der Waals surface area contributed by atoms with E-state index in [1.807, 2.05) is 20.8 Å². The van der Waals surface area contributed by atoms with Crippen molar-refractivity contribution in [1.29, 1.82) is 0 Å². The van der Waals surface area contributed by atoms with Crippen LogP contribution in [-0.4, -0.2) is 26.0 Å². The van der Waals surface area contributed by atoms with Crippen LogP contribution < -0.4 is 0 Å². The maximum Gasteiger partial charge on any atom is 0.339 e. The van der Waals surface area contributed by atoms with Gasteiger partial charge >= 0.3 is 5.97 Å². The second-order valence-electron chi connectivity index (χ2n) is 5.00. The summed E-state index contributed by atoms with van der Waals surface area (Å²) in [6, 6.07) is 0. The fourth-order valence-corrected chi connectivity index (χ4v) is 1.95. The molecule has 0 bridgehead atoms. The molecule has 0 aromatic carbocycles.